The predicted molar refractivity (Wildman–Crippen MR) is 77.4 cm³/mol. The molecule has 0 radical (unpaired) electrons. The fourth-order valence-electron chi connectivity index (χ4n) is 1.72. The van der Waals surface area contributed by atoms with Crippen molar-refractivity contribution < 1.29 is 8.91 Å². The van der Waals surface area contributed by atoms with Crippen molar-refractivity contribution in [2.75, 3.05) is 5.73 Å². The molecule has 0 saturated heterocycles. The van der Waals surface area contributed by atoms with Crippen molar-refractivity contribution in [3.8, 4) is 23.0 Å². The number of benzene rings is 1. The molecular formula is C13H7Cl2FN4O. The number of nitrogens with two attached hydrogens (primary N) is 1. The van der Waals surface area contributed by atoms with Crippen LogP contribution in [0.15, 0.2) is 35.0 Å². The number of aromatic nitrogens is 3. The van der Waals surface area contributed by atoms with Gasteiger partial charge in [0.2, 0.25) is 5.82 Å². The molecule has 8 heteroatoms. The third-order valence-electron chi connectivity index (χ3n) is 2.69. The first-order valence-electron chi connectivity index (χ1n) is 5.75. The molecule has 2 heterocycles. The number of pyridine rings is 1. The molecule has 0 bridgehead atoms. The van der Waals surface area contributed by atoms with Gasteiger partial charge < -0.3 is 10.3 Å². The van der Waals surface area contributed by atoms with Crippen LogP contribution in [0.3, 0.4) is 0 Å². The number of rotatable bonds is 2. The van der Waals surface area contributed by atoms with Crippen molar-refractivity contribution in [2.24, 2.45) is 0 Å². The zero-order valence-electron chi connectivity index (χ0n) is 10.3. The van der Waals surface area contributed by atoms with Crippen LogP contribution in [-0.2, 0) is 0 Å². The Morgan fingerprint density at radius 3 is 2.76 bits per heavy atom. The molecule has 2 aromatic heterocycles. The van der Waals surface area contributed by atoms with Gasteiger partial charge in [0.15, 0.2) is 0 Å². The van der Waals surface area contributed by atoms with E-state index in [0.717, 1.165) is 0 Å². The van der Waals surface area contributed by atoms with Gasteiger partial charge in [0, 0.05) is 11.9 Å². The summed E-state index contributed by atoms with van der Waals surface area (Å²) in [7, 11) is 0. The van der Waals surface area contributed by atoms with Crippen molar-refractivity contribution >= 4 is 28.9 Å². The minimum absolute atomic E-state index is 0.0785. The summed E-state index contributed by atoms with van der Waals surface area (Å²) < 4.78 is 18.4. The van der Waals surface area contributed by atoms with Crippen LogP contribution in [0.1, 0.15) is 0 Å². The molecule has 0 spiro atoms. The Bertz CT molecular complexity index is 822. The van der Waals surface area contributed by atoms with Crippen LogP contribution in [0.2, 0.25) is 10.0 Å². The third kappa shape index (κ3) is 2.68. The van der Waals surface area contributed by atoms with E-state index in [1.54, 1.807) is 0 Å². The molecule has 5 nitrogen and oxygen atoms in total. The van der Waals surface area contributed by atoms with E-state index in [-0.39, 0.29) is 16.7 Å². The van der Waals surface area contributed by atoms with Crippen LogP contribution in [0.5, 0.6) is 0 Å². The average Bonchev–Trinajstić information content (AvgIpc) is 2.91. The second-order valence-electron chi connectivity index (χ2n) is 4.14. The highest BCUT2D eigenvalue weighted by molar-refractivity contribution is 6.35. The van der Waals surface area contributed by atoms with Crippen molar-refractivity contribution in [2.45, 2.75) is 0 Å². The summed E-state index contributed by atoms with van der Waals surface area (Å²) in [5.74, 6) is -0.216. The lowest BCUT2D eigenvalue weighted by Crippen LogP contribution is -1.92. The van der Waals surface area contributed by atoms with Gasteiger partial charge in [0.1, 0.15) is 11.5 Å². The Morgan fingerprint density at radius 1 is 1.19 bits per heavy atom. The molecule has 3 rings (SSSR count). The van der Waals surface area contributed by atoms with Crippen LogP contribution in [-0.4, -0.2) is 15.1 Å². The predicted octanol–water partition coefficient (Wildman–Crippen LogP) is 3.83. The van der Waals surface area contributed by atoms with Gasteiger partial charge in [-0.25, -0.2) is 9.37 Å². The number of nitrogen functional groups attached to an aromatic ring is 1. The standard InChI is InChI=1S/C13H7Cl2FN4O/c14-6-3-9(15)11(18-5-6)12-19-13(21-20-12)8-4-7(16)1-2-10(8)17/h1-5H,17H2. The molecule has 2 N–H and O–H groups in total. The minimum Gasteiger partial charge on any atom is -0.398 e. The molecular weight excluding hydrogens is 318 g/mol. The van der Waals surface area contributed by atoms with Gasteiger partial charge in [-0.05, 0) is 24.3 Å². The zero-order valence-corrected chi connectivity index (χ0v) is 11.9. The van der Waals surface area contributed by atoms with Gasteiger partial charge in [-0.3, -0.25) is 0 Å². The summed E-state index contributed by atoms with van der Waals surface area (Å²) in [5, 5.41) is 4.44. The summed E-state index contributed by atoms with van der Waals surface area (Å²) in [6.45, 7) is 0. The molecule has 0 unspecified atom stereocenters. The molecule has 0 aliphatic carbocycles. The van der Waals surface area contributed by atoms with Crippen LogP contribution < -0.4 is 5.73 Å². The molecule has 0 aliphatic rings. The summed E-state index contributed by atoms with van der Waals surface area (Å²) in [6.07, 6.45) is 1.41. The van der Waals surface area contributed by atoms with Gasteiger partial charge in [0.05, 0.1) is 15.6 Å². The van der Waals surface area contributed by atoms with Gasteiger partial charge in [0.25, 0.3) is 5.89 Å². The summed E-state index contributed by atoms with van der Waals surface area (Å²) in [4.78, 5) is 8.17. The van der Waals surface area contributed by atoms with Crippen molar-refractivity contribution in [3.63, 3.8) is 0 Å². The van der Waals surface area contributed by atoms with E-state index in [9.17, 15) is 4.39 Å². The van der Waals surface area contributed by atoms with E-state index in [0.29, 0.717) is 22.0 Å². The van der Waals surface area contributed by atoms with Crippen LogP contribution in [0, 0.1) is 5.82 Å². The van der Waals surface area contributed by atoms with E-state index >= 15 is 0 Å². The normalized spacial score (nSPS) is 10.8. The van der Waals surface area contributed by atoms with Crippen LogP contribution in [0.4, 0.5) is 10.1 Å². The van der Waals surface area contributed by atoms with Crippen molar-refractivity contribution in [3.05, 3.63) is 46.3 Å². The first-order valence-corrected chi connectivity index (χ1v) is 6.50. The monoisotopic (exact) mass is 324 g/mol. The second kappa shape index (κ2) is 5.31. The first-order chi connectivity index (χ1) is 10.0. The molecule has 0 aliphatic heterocycles. The zero-order chi connectivity index (χ0) is 15.0. The Morgan fingerprint density at radius 2 is 2.00 bits per heavy atom. The second-order valence-corrected chi connectivity index (χ2v) is 4.98. The van der Waals surface area contributed by atoms with E-state index in [1.807, 2.05) is 0 Å². The Hall–Kier alpha value is -2.18. The topological polar surface area (TPSA) is 77.8 Å². The molecule has 3 aromatic rings. The lowest BCUT2D eigenvalue weighted by atomic mass is 10.2. The molecule has 21 heavy (non-hydrogen) atoms. The highest BCUT2D eigenvalue weighted by Crippen LogP contribution is 2.30. The Balaban J connectivity index is 2.06. The van der Waals surface area contributed by atoms with Crippen molar-refractivity contribution in [1.82, 2.24) is 15.1 Å². The smallest absolute Gasteiger partial charge is 0.260 e. The Kier molecular flexibility index (Phi) is 3.48. The fourth-order valence-corrected chi connectivity index (χ4v) is 2.19. The number of anilines is 1. The number of halogens is 3. The van der Waals surface area contributed by atoms with Gasteiger partial charge in [-0.2, -0.15) is 4.98 Å². The number of hydrogen-bond donors (Lipinski definition) is 1. The van der Waals surface area contributed by atoms with E-state index in [4.69, 9.17) is 33.5 Å². The largest absolute Gasteiger partial charge is 0.398 e. The van der Waals surface area contributed by atoms with Gasteiger partial charge >= 0.3 is 0 Å². The SMILES string of the molecule is Nc1ccc(F)cc1-c1nc(-c2ncc(Cl)cc2Cl)no1. The highest BCUT2D eigenvalue weighted by atomic mass is 35.5. The van der Waals surface area contributed by atoms with Gasteiger partial charge in [-0.1, -0.05) is 28.4 Å². The summed E-state index contributed by atoms with van der Waals surface area (Å²) >= 11 is 11.8. The molecule has 0 amide bonds. The maximum Gasteiger partial charge on any atom is 0.260 e. The van der Waals surface area contributed by atoms with Gasteiger partial charge in [-0.15, -0.1) is 0 Å². The van der Waals surface area contributed by atoms with Crippen molar-refractivity contribution in [1.29, 1.82) is 0 Å². The maximum absolute atomic E-state index is 13.3. The van der Waals surface area contributed by atoms with Crippen LogP contribution >= 0.6 is 23.2 Å². The summed E-state index contributed by atoms with van der Waals surface area (Å²) in [6, 6.07) is 5.39. The fraction of sp³-hybridized carbons (Fsp3) is 0. The average molecular weight is 325 g/mol. The van der Waals surface area contributed by atoms with Crippen LogP contribution in [0.25, 0.3) is 23.0 Å². The Labute approximate surface area is 128 Å². The maximum atomic E-state index is 13.3. The molecule has 106 valence electrons. The number of nitrogens with zero attached hydrogens (tertiary/aromatic N) is 3. The molecule has 0 fully saturated rings. The molecule has 1 aromatic carbocycles. The first kappa shape index (κ1) is 13.8. The summed E-state index contributed by atoms with van der Waals surface area (Å²) in [5.41, 5.74) is 6.70. The third-order valence-corrected chi connectivity index (χ3v) is 3.19. The lowest BCUT2D eigenvalue weighted by molar-refractivity contribution is 0.432. The molecule has 0 atom stereocenters. The highest BCUT2D eigenvalue weighted by Gasteiger charge is 2.16. The lowest BCUT2D eigenvalue weighted by Gasteiger charge is -1.99. The quantitative estimate of drug-likeness (QED) is 0.725. The molecule has 0 saturated carbocycles. The number of hydrogen-bond acceptors (Lipinski definition) is 5. The minimum atomic E-state index is -0.457. The van der Waals surface area contributed by atoms with E-state index in [1.165, 1.54) is 30.5 Å². The van der Waals surface area contributed by atoms with E-state index in [2.05, 4.69) is 15.1 Å². The van der Waals surface area contributed by atoms with E-state index < -0.39 is 5.82 Å².